The van der Waals surface area contributed by atoms with E-state index in [0.717, 1.165) is 25.7 Å². The van der Waals surface area contributed by atoms with Crippen LogP contribution in [-0.2, 0) is 14.3 Å². The number of rotatable bonds is 6. The maximum atomic E-state index is 13.0. The summed E-state index contributed by atoms with van der Waals surface area (Å²) in [5.41, 5.74) is 0. The van der Waals surface area contributed by atoms with Crippen LogP contribution in [-0.4, -0.2) is 46.2 Å². The van der Waals surface area contributed by atoms with E-state index in [1.807, 2.05) is 18.7 Å². The minimum Gasteiger partial charge on any atom is -0.481 e. The highest BCUT2D eigenvalue weighted by Crippen LogP contribution is 2.44. The maximum absolute atomic E-state index is 13.0. The Morgan fingerprint density at radius 2 is 1.57 bits per heavy atom. The van der Waals surface area contributed by atoms with Crippen molar-refractivity contribution in [3.05, 3.63) is 0 Å². The van der Waals surface area contributed by atoms with Crippen LogP contribution in [0.3, 0.4) is 0 Å². The third-order valence-corrected chi connectivity index (χ3v) is 5.23. The van der Waals surface area contributed by atoms with E-state index in [-0.39, 0.29) is 30.2 Å². The van der Waals surface area contributed by atoms with Gasteiger partial charge in [0, 0.05) is 12.1 Å². The third kappa shape index (κ3) is 2.80. The van der Waals surface area contributed by atoms with E-state index in [0.29, 0.717) is 0 Å². The Kier molecular flexibility index (Phi) is 4.91. The van der Waals surface area contributed by atoms with Crippen molar-refractivity contribution in [1.82, 2.24) is 4.90 Å². The smallest absolute Gasteiger partial charge is 0.310 e. The van der Waals surface area contributed by atoms with Gasteiger partial charge in [0.2, 0.25) is 5.91 Å². The number of amides is 1. The van der Waals surface area contributed by atoms with Crippen LogP contribution in [0.2, 0.25) is 0 Å². The summed E-state index contributed by atoms with van der Waals surface area (Å²) >= 11 is 0. The summed E-state index contributed by atoms with van der Waals surface area (Å²) < 4.78 is 5.73. The van der Waals surface area contributed by atoms with E-state index >= 15 is 0 Å². The number of fused-ring (bicyclic) bond motifs is 2. The molecule has 2 fully saturated rings. The average Bonchev–Trinajstić information content (AvgIpc) is 3.07. The number of carbonyl (C=O) groups excluding carboxylic acids is 1. The topological polar surface area (TPSA) is 66.8 Å². The Morgan fingerprint density at radius 1 is 1.10 bits per heavy atom. The molecule has 120 valence electrons. The van der Waals surface area contributed by atoms with Crippen molar-refractivity contribution < 1.29 is 19.4 Å². The molecule has 0 unspecified atom stereocenters. The van der Waals surface area contributed by atoms with Crippen molar-refractivity contribution >= 4 is 11.9 Å². The fourth-order valence-corrected chi connectivity index (χ4v) is 3.74. The van der Waals surface area contributed by atoms with Crippen LogP contribution in [0.25, 0.3) is 0 Å². The van der Waals surface area contributed by atoms with Gasteiger partial charge >= 0.3 is 5.97 Å². The number of hydrogen-bond acceptors (Lipinski definition) is 3. The highest BCUT2D eigenvalue weighted by atomic mass is 16.5. The van der Waals surface area contributed by atoms with Gasteiger partial charge in [-0.3, -0.25) is 9.59 Å². The molecular formula is C16H27NO4. The van der Waals surface area contributed by atoms with Crippen molar-refractivity contribution in [1.29, 1.82) is 0 Å². The fourth-order valence-electron chi connectivity index (χ4n) is 3.74. The van der Waals surface area contributed by atoms with Crippen molar-refractivity contribution in [2.45, 2.75) is 77.7 Å². The molecule has 5 heteroatoms. The second-order valence-electron chi connectivity index (χ2n) is 6.44. The van der Waals surface area contributed by atoms with E-state index in [9.17, 15) is 14.7 Å². The number of carboxylic acid groups (broad SMARTS) is 1. The van der Waals surface area contributed by atoms with Crippen molar-refractivity contribution in [3.63, 3.8) is 0 Å². The molecule has 21 heavy (non-hydrogen) atoms. The molecule has 2 rings (SSSR count). The third-order valence-electron chi connectivity index (χ3n) is 5.23. The molecule has 6 atom stereocenters. The first-order valence-electron chi connectivity index (χ1n) is 8.12. The van der Waals surface area contributed by atoms with Crippen LogP contribution < -0.4 is 0 Å². The van der Waals surface area contributed by atoms with E-state index < -0.39 is 17.8 Å². The number of ether oxygens (including phenoxy) is 1. The molecule has 0 aromatic heterocycles. The zero-order chi connectivity index (χ0) is 15.7. The largest absolute Gasteiger partial charge is 0.481 e. The van der Waals surface area contributed by atoms with Crippen molar-refractivity contribution in [2.75, 3.05) is 0 Å². The zero-order valence-electron chi connectivity index (χ0n) is 13.4. The Bertz CT molecular complexity index is 401. The van der Waals surface area contributed by atoms with Crippen LogP contribution in [0.5, 0.6) is 0 Å². The lowest BCUT2D eigenvalue weighted by molar-refractivity contribution is -0.153. The summed E-state index contributed by atoms with van der Waals surface area (Å²) in [6.45, 7) is 8.18. The summed E-state index contributed by atoms with van der Waals surface area (Å²) in [7, 11) is 0. The second-order valence-corrected chi connectivity index (χ2v) is 6.44. The summed E-state index contributed by atoms with van der Waals surface area (Å²) in [5, 5.41) is 9.48. The molecule has 0 saturated carbocycles. The highest BCUT2D eigenvalue weighted by Gasteiger charge is 2.56. The van der Waals surface area contributed by atoms with Gasteiger partial charge in [-0.25, -0.2) is 0 Å². The molecule has 2 heterocycles. The van der Waals surface area contributed by atoms with Crippen LogP contribution >= 0.6 is 0 Å². The Morgan fingerprint density at radius 3 is 2.00 bits per heavy atom. The summed E-state index contributed by atoms with van der Waals surface area (Å²) in [5.74, 6) is -2.11. The lowest BCUT2D eigenvalue weighted by Gasteiger charge is -2.38. The standard InChI is InChI=1S/C16H27NO4/c1-5-9(3)17(10(4)6-2)15(18)13-11-7-8-12(21-11)14(13)16(19)20/h9-14H,5-8H2,1-4H3,(H,19,20)/t9-,10+,11-,12+,13+,14-/m0/s1. The van der Waals surface area contributed by atoms with Gasteiger partial charge in [0.25, 0.3) is 0 Å². The van der Waals surface area contributed by atoms with E-state index in [1.54, 1.807) is 0 Å². The molecule has 2 aliphatic rings. The number of nitrogens with zero attached hydrogens (tertiary/aromatic N) is 1. The van der Waals surface area contributed by atoms with E-state index in [2.05, 4.69) is 13.8 Å². The summed E-state index contributed by atoms with van der Waals surface area (Å²) in [6.07, 6.45) is 2.82. The first-order chi connectivity index (χ1) is 9.92. The first-order valence-corrected chi connectivity index (χ1v) is 8.12. The Hall–Kier alpha value is -1.10. The van der Waals surface area contributed by atoms with Crippen molar-refractivity contribution in [3.8, 4) is 0 Å². The molecular weight excluding hydrogens is 270 g/mol. The molecule has 2 aliphatic heterocycles. The van der Waals surface area contributed by atoms with Crippen LogP contribution in [0, 0.1) is 11.8 Å². The zero-order valence-corrected chi connectivity index (χ0v) is 13.4. The SMILES string of the molecule is CC[C@@H](C)N(C(=O)[C@H]1[C@@H](C(=O)O)[C@H]2CC[C@@H]1O2)[C@@H](C)CC. The van der Waals surface area contributed by atoms with Gasteiger partial charge in [-0.15, -0.1) is 0 Å². The van der Waals surface area contributed by atoms with Gasteiger partial charge in [0.1, 0.15) is 0 Å². The van der Waals surface area contributed by atoms with Crippen molar-refractivity contribution in [2.24, 2.45) is 11.8 Å². The number of carboxylic acids is 1. The molecule has 2 bridgehead atoms. The van der Waals surface area contributed by atoms with Crippen LogP contribution in [0.15, 0.2) is 0 Å². The second kappa shape index (κ2) is 6.34. The number of carbonyl (C=O) groups is 2. The molecule has 0 radical (unpaired) electrons. The molecule has 0 aromatic carbocycles. The van der Waals surface area contributed by atoms with Crippen LogP contribution in [0.1, 0.15) is 53.4 Å². The summed E-state index contributed by atoms with van der Waals surface area (Å²) in [4.78, 5) is 26.5. The molecule has 0 spiro atoms. The lowest BCUT2D eigenvalue weighted by atomic mass is 9.78. The predicted octanol–water partition coefficient (Wildman–Crippen LogP) is 2.29. The molecule has 1 amide bonds. The molecule has 0 aliphatic carbocycles. The van der Waals surface area contributed by atoms with Gasteiger partial charge in [-0.2, -0.15) is 0 Å². The molecule has 1 N–H and O–H groups in total. The van der Waals surface area contributed by atoms with Crippen LogP contribution in [0.4, 0.5) is 0 Å². The van der Waals surface area contributed by atoms with Gasteiger partial charge < -0.3 is 14.7 Å². The number of hydrogen-bond donors (Lipinski definition) is 1. The number of aliphatic carboxylic acids is 1. The molecule has 0 aromatic rings. The quantitative estimate of drug-likeness (QED) is 0.817. The van der Waals surface area contributed by atoms with Gasteiger partial charge in [0.05, 0.1) is 24.0 Å². The molecule has 5 nitrogen and oxygen atoms in total. The Balaban J connectivity index is 2.25. The van der Waals surface area contributed by atoms with Gasteiger partial charge in [-0.1, -0.05) is 13.8 Å². The predicted molar refractivity (Wildman–Crippen MR) is 78.9 cm³/mol. The summed E-state index contributed by atoms with van der Waals surface area (Å²) in [6, 6.07) is 0.252. The van der Waals surface area contributed by atoms with Gasteiger partial charge in [-0.05, 0) is 39.5 Å². The van der Waals surface area contributed by atoms with Gasteiger partial charge in [0.15, 0.2) is 0 Å². The molecule has 2 saturated heterocycles. The normalized spacial score (nSPS) is 33.7. The maximum Gasteiger partial charge on any atom is 0.310 e. The monoisotopic (exact) mass is 297 g/mol. The fraction of sp³-hybridized carbons (Fsp3) is 0.875. The Labute approximate surface area is 126 Å². The lowest BCUT2D eigenvalue weighted by Crippen LogP contribution is -2.51. The highest BCUT2D eigenvalue weighted by molar-refractivity contribution is 5.87. The van der Waals surface area contributed by atoms with E-state index in [4.69, 9.17) is 4.74 Å². The first kappa shape index (κ1) is 16.3. The minimum atomic E-state index is -0.895. The average molecular weight is 297 g/mol. The van der Waals surface area contributed by atoms with E-state index in [1.165, 1.54) is 0 Å². The minimum absolute atomic E-state index is 0.0294.